The van der Waals surface area contributed by atoms with Crippen LogP contribution in [0.4, 0.5) is 18.9 Å². The molecule has 6 nitrogen and oxygen atoms in total. The van der Waals surface area contributed by atoms with Gasteiger partial charge in [0.05, 0.1) is 17.7 Å². The van der Waals surface area contributed by atoms with Gasteiger partial charge in [-0.25, -0.2) is 34.7 Å². The number of hydrogen-bond donors (Lipinski definition) is 1. The zero-order valence-electron chi connectivity index (χ0n) is 12.5. The summed E-state index contributed by atoms with van der Waals surface area (Å²) < 4.78 is 89.1. The van der Waals surface area contributed by atoms with E-state index < -0.39 is 49.7 Å². The number of benzene rings is 1. The quantitative estimate of drug-likeness (QED) is 0.693. The maximum atomic E-state index is 13.8. The zero-order chi connectivity index (χ0) is 17.8. The summed E-state index contributed by atoms with van der Waals surface area (Å²) in [4.78, 5) is 0. The first-order chi connectivity index (χ1) is 10.5. The monoisotopic (exact) mass is 374 g/mol. The summed E-state index contributed by atoms with van der Waals surface area (Å²) in [6, 6.07) is 1.36. The maximum Gasteiger partial charge on any atom is 0.232 e. The van der Waals surface area contributed by atoms with Crippen molar-refractivity contribution in [1.82, 2.24) is 4.72 Å². The van der Waals surface area contributed by atoms with Crippen molar-refractivity contribution in [3.8, 4) is 0 Å². The molecule has 0 aliphatic carbocycles. The van der Waals surface area contributed by atoms with Crippen molar-refractivity contribution < 1.29 is 30.0 Å². The van der Waals surface area contributed by atoms with Crippen molar-refractivity contribution in [2.75, 3.05) is 29.4 Å². The predicted octanol–water partition coefficient (Wildman–Crippen LogP) is 1.20. The first kappa shape index (κ1) is 19.7. The van der Waals surface area contributed by atoms with Crippen LogP contribution in [0.25, 0.3) is 0 Å². The van der Waals surface area contributed by atoms with Gasteiger partial charge in [-0.15, -0.1) is 0 Å². The second kappa shape index (κ2) is 7.49. The van der Waals surface area contributed by atoms with Crippen LogP contribution in [0.5, 0.6) is 0 Å². The number of sulfonamides is 2. The lowest BCUT2D eigenvalue weighted by molar-refractivity contribution is 0.447. The molecule has 1 aromatic rings. The molecule has 0 amide bonds. The highest BCUT2D eigenvalue weighted by Gasteiger charge is 2.24. The van der Waals surface area contributed by atoms with Crippen molar-refractivity contribution in [1.29, 1.82) is 0 Å². The molecule has 11 heteroatoms. The molecule has 0 bridgehead atoms. The fourth-order valence-electron chi connectivity index (χ4n) is 1.82. The van der Waals surface area contributed by atoms with Crippen LogP contribution in [0.1, 0.15) is 13.3 Å². The molecule has 0 saturated carbocycles. The molecule has 0 saturated heterocycles. The van der Waals surface area contributed by atoms with Crippen LogP contribution in [0.3, 0.4) is 0 Å². The lowest BCUT2D eigenvalue weighted by atomic mass is 10.3. The highest BCUT2D eigenvalue weighted by atomic mass is 32.2. The highest BCUT2D eigenvalue weighted by molar-refractivity contribution is 7.92. The Kier molecular flexibility index (Phi) is 6.42. The molecule has 23 heavy (non-hydrogen) atoms. The minimum Gasteiger partial charge on any atom is -0.266 e. The van der Waals surface area contributed by atoms with Gasteiger partial charge in [0.15, 0.2) is 17.5 Å². The lowest BCUT2D eigenvalue weighted by Gasteiger charge is -2.23. The van der Waals surface area contributed by atoms with Crippen molar-refractivity contribution in [2.45, 2.75) is 13.3 Å². The minimum absolute atomic E-state index is 0.147. The summed E-state index contributed by atoms with van der Waals surface area (Å²) in [6.45, 7) is 0.844. The first-order valence-corrected chi connectivity index (χ1v) is 10.1. The average molecular weight is 374 g/mol. The molecule has 0 unspecified atom stereocenters. The SMILES string of the molecule is CCCS(=O)(=O)NCCN(c1ccc(F)c(F)c1F)S(C)(=O)=O. The molecule has 1 N–H and O–H groups in total. The van der Waals surface area contributed by atoms with Gasteiger partial charge in [0.2, 0.25) is 20.0 Å². The predicted molar refractivity (Wildman–Crippen MR) is 80.6 cm³/mol. The third kappa shape index (κ3) is 5.36. The van der Waals surface area contributed by atoms with E-state index >= 15 is 0 Å². The number of nitrogens with zero attached hydrogens (tertiary/aromatic N) is 1. The first-order valence-electron chi connectivity index (χ1n) is 6.58. The summed E-state index contributed by atoms with van der Waals surface area (Å²) in [7, 11) is -7.61. The van der Waals surface area contributed by atoms with E-state index in [1.807, 2.05) is 0 Å². The Bertz CT molecular complexity index is 767. The number of nitrogens with one attached hydrogen (secondary N) is 1. The van der Waals surface area contributed by atoms with Crippen LogP contribution < -0.4 is 9.03 Å². The Morgan fingerprint density at radius 1 is 1.09 bits per heavy atom. The van der Waals surface area contributed by atoms with E-state index in [-0.39, 0.29) is 12.3 Å². The summed E-state index contributed by atoms with van der Waals surface area (Å²) in [5.41, 5.74) is -0.693. The summed E-state index contributed by atoms with van der Waals surface area (Å²) in [5, 5.41) is 0. The molecular formula is C12H17F3N2O4S2. The second-order valence-electron chi connectivity index (χ2n) is 4.74. The Hall–Kier alpha value is -1.33. The Labute approximate surface area is 133 Å². The number of anilines is 1. The lowest BCUT2D eigenvalue weighted by Crippen LogP contribution is -2.39. The van der Waals surface area contributed by atoms with E-state index in [1.165, 1.54) is 0 Å². The third-order valence-electron chi connectivity index (χ3n) is 2.79. The Morgan fingerprint density at radius 3 is 2.22 bits per heavy atom. The fourth-order valence-corrected chi connectivity index (χ4v) is 3.82. The fraction of sp³-hybridized carbons (Fsp3) is 0.500. The topological polar surface area (TPSA) is 83.6 Å². The number of rotatable bonds is 8. The van der Waals surface area contributed by atoms with E-state index in [1.54, 1.807) is 6.92 Å². The van der Waals surface area contributed by atoms with Gasteiger partial charge in [-0.1, -0.05) is 6.92 Å². The summed E-state index contributed by atoms with van der Waals surface area (Å²) in [5.74, 6) is -5.07. The molecule has 0 spiro atoms. The van der Waals surface area contributed by atoms with Crippen LogP contribution in [0.2, 0.25) is 0 Å². The van der Waals surface area contributed by atoms with Gasteiger partial charge in [0, 0.05) is 13.1 Å². The van der Waals surface area contributed by atoms with E-state index in [0.29, 0.717) is 16.8 Å². The summed E-state index contributed by atoms with van der Waals surface area (Å²) in [6.07, 6.45) is 1.11. The molecule has 132 valence electrons. The van der Waals surface area contributed by atoms with Gasteiger partial charge >= 0.3 is 0 Å². The van der Waals surface area contributed by atoms with Gasteiger partial charge < -0.3 is 0 Å². The largest absolute Gasteiger partial charge is 0.266 e. The third-order valence-corrected chi connectivity index (χ3v) is 5.56. The van der Waals surface area contributed by atoms with Crippen LogP contribution in [0, 0.1) is 17.5 Å². The molecular weight excluding hydrogens is 357 g/mol. The molecule has 0 fully saturated rings. The van der Waals surface area contributed by atoms with Crippen LogP contribution in [0.15, 0.2) is 12.1 Å². The van der Waals surface area contributed by atoms with Gasteiger partial charge in [-0.2, -0.15) is 0 Å². The number of hydrogen-bond acceptors (Lipinski definition) is 4. The molecule has 0 radical (unpaired) electrons. The second-order valence-corrected chi connectivity index (χ2v) is 8.58. The van der Waals surface area contributed by atoms with Gasteiger partial charge in [-0.05, 0) is 18.6 Å². The molecule has 0 aliphatic rings. The maximum absolute atomic E-state index is 13.8. The van der Waals surface area contributed by atoms with E-state index in [0.717, 1.165) is 12.3 Å². The van der Waals surface area contributed by atoms with Crippen LogP contribution in [-0.2, 0) is 20.0 Å². The van der Waals surface area contributed by atoms with Crippen molar-refractivity contribution >= 4 is 25.7 Å². The summed E-state index contributed by atoms with van der Waals surface area (Å²) >= 11 is 0. The normalized spacial score (nSPS) is 12.4. The van der Waals surface area contributed by atoms with E-state index in [4.69, 9.17) is 0 Å². The molecule has 1 aromatic carbocycles. The smallest absolute Gasteiger partial charge is 0.232 e. The molecule has 0 atom stereocenters. The van der Waals surface area contributed by atoms with E-state index in [2.05, 4.69) is 4.72 Å². The Balaban J connectivity index is 3.03. The average Bonchev–Trinajstić information content (AvgIpc) is 2.41. The van der Waals surface area contributed by atoms with Gasteiger partial charge in [-0.3, -0.25) is 4.31 Å². The molecule has 0 heterocycles. The number of halogens is 3. The van der Waals surface area contributed by atoms with Gasteiger partial charge in [0.1, 0.15) is 0 Å². The minimum atomic E-state index is -4.03. The zero-order valence-corrected chi connectivity index (χ0v) is 14.1. The molecule has 0 aromatic heterocycles. The van der Waals surface area contributed by atoms with Crippen LogP contribution >= 0.6 is 0 Å². The van der Waals surface area contributed by atoms with Gasteiger partial charge in [0.25, 0.3) is 0 Å². The molecule has 1 rings (SSSR count). The standard InChI is InChI=1S/C12H17F3N2O4S2/c1-3-8-23(20,21)16-6-7-17(22(2,18)19)10-5-4-9(13)11(14)12(10)15/h4-5,16H,3,6-8H2,1-2H3. The van der Waals surface area contributed by atoms with Crippen molar-refractivity contribution in [3.63, 3.8) is 0 Å². The Morgan fingerprint density at radius 2 is 1.70 bits per heavy atom. The van der Waals surface area contributed by atoms with Crippen molar-refractivity contribution in [2.24, 2.45) is 0 Å². The van der Waals surface area contributed by atoms with Crippen LogP contribution in [-0.4, -0.2) is 41.9 Å². The van der Waals surface area contributed by atoms with Crippen molar-refractivity contribution in [3.05, 3.63) is 29.6 Å². The molecule has 0 aliphatic heterocycles. The highest BCUT2D eigenvalue weighted by Crippen LogP contribution is 2.25. The van der Waals surface area contributed by atoms with E-state index in [9.17, 15) is 30.0 Å².